The lowest BCUT2D eigenvalue weighted by atomic mass is 10.1. The molecule has 0 unspecified atom stereocenters. The molecule has 2 aromatic rings. The van der Waals surface area contributed by atoms with E-state index in [1.807, 2.05) is 30.3 Å². The van der Waals surface area contributed by atoms with Gasteiger partial charge < -0.3 is 11.1 Å². The minimum Gasteiger partial charge on any atom is -0.399 e. The Morgan fingerprint density at radius 2 is 1.59 bits per heavy atom. The highest BCUT2D eigenvalue weighted by molar-refractivity contribution is 5.42. The molecule has 0 aliphatic rings. The fraction of sp³-hybridized carbons (Fsp3) is 0.200. The molecular formula is C15H18N2. The Morgan fingerprint density at radius 1 is 0.882 bits per heavy atom. The summed E-state index contributed by atoms with van der Waals surface area (Å²) in [5.41, 5.74) is 9.00. The van der Waals surface area contributed by atoms with Crippen LogP contribution in [0.2, 0.25) is 0 Å². The van der Waals surface area contributed by atoms with Gasteiger partial charge in [0.05, 0.1) is 0 Å². The molecule has 88 valence electrons. The highest BCUT2D eigenvalue weighted by Gasteiger charge is 1.94. The van der Waals surface area contributed by atoms with Crippen LogP contribution in [0.25, 0.3) is 0 Å². The summed E-state index contributed by atoms with van der Waals surface area (Å²) in [5.74, 6) is 0. The summed E-state index contributed by atoms with van der Waals surface area (Å²) in [6.07, 6.45) is 2.21. The summed E-state index contributed by atoms with van der Waals surface area (Å²) in [4.78, 5) is 0. The topological polar surface area (TPSA) is 38.0 Å². The van der Waals surface area contributed by atoms with Crippen LogP contribution in [-0.2, 0) is 6.42 Å². The predicted molar refractivity (Wildman–Crippen MR) is 74.1 cm³/mol. The van der Waals surface area contributed by atoms with Gasteiger partial charge in [0.15, 0.2) is 0 Å². The molecule has 0 fully saturated rings. The Hall–Kier alpha value is -1.96. The molecule has 0 aliphatic carbocycles. The maximum Gasteiger partial charge on any atom is 0.0340 e. The minimum absolute atomic E-state index is 0.830. The SMILES string of the molecule is Nc1ccc(CCCNc2ccccc2)cc1. The summed E-state index contributed by atoms with van der Waals surface area (Å²) < 4.78 is 0. The van der Waals surface area contributed by atoms with Crippen LogP contribution in [0.15, 0.2) is 54.6 Å². The maximum absolute atomic E-state index is 5.65. The first-order chi connectivity index (χ1) is 8.34. The minimum atomic E-state index is 0.830. The van der Waals surface area contributed by atoms with Gasteiger partial charge in [0.25, 0.3) is 0 Å². The molecule has 3 N–H and O–H groups in total. The van der Waals surface area contributed by atoms with E-state index in [1.54, 1.807) is 0 Å². The Morgan fingerprint density at radius 3 is 2.29 bits per heavy atom. The summed E-state index contributed by atoms with van der Waals surface area (Å²) in [6.45, 7) is 0.994. The summed E-state index contributed by atoms with van der Waals surface area (Å²) in [7, 11) is 0. The van der Waals surface area contributed by atoms with Crippen molar-refractivity contribution >= 4 is 11.4 Å². The van der Waals surface area contributed by atoms with Crippen molar-refractivity contribution in [1.29, 1.82) is 0 Å². The first-order valence-electron chi connectivity index (χ1n) is 5.98. The zero-order valence-corrected chi connectivity index (χ0v) is 9.89. The fourth-order valence-corrected chi connectivity index (χ4v) is 1.77. The van der Waals surface area contributed by atoms with E-state index in [1.165, 1.54) is 11.3 Å². The number of hydrogen-bond acceptors (Lipinski definition) is 2. The number of hydrogen-bond donors (Lipinski definition) is 2. The Bertz CT molecular complexity index is 434. The third kappa shape index (κ3) is 3.83. The highest BCUT2D eigenvalue weighted by atomic mass is 14.9. The first-order valence-corrected chi connectivity index (χ1v) is 5.98. The van der Waals surface area contributed by atoms with E-state index in [9.17, 15) is 0 Å². The van der Waals surface area contributed by atoms with Gasteiger partial charge >= 0.3 is 0 Å². The fourth-order valence-electron chi connectivity index (χ4n) is 1.77. The predicted octanol–water partition coefficient (Wildman–Crippen LogP) is 3.31. The van der Waals surface area contributed by atoms with Gasteiger partial charge in [-0.1, -0.05) is 30.3 Å². The maximum atomic E-state index is 5.65. The van der Waals surface area contributed by atoms with Crippen LogP contribution >= 0.6 is 0 Å². The van der Waals surface area contributed by atoms with Crippen molar-refractivity contribution in [2.45, 2.75) is 12.8 Å². The average Bonchev–Trinajstić information content (AvgIpc) is 2.38. The quantitative estimate of drug-likeness (QED) is 0.606. The van der Waals surface area contributed by atoms with Crippen LogP contribution in [0, 0.1) is 0 Å². The molecule has 0 bridgehead atoms. The number of nitrogen functional groups attached to an aromatic ring is 1. The van der Waals surface area contributed by atoms with Crippen molar-refractivity contribution in [3.8, 4) is 0 Å². The second-order valence-corrected chi connectivity index (χ2v) is 4.14. The monoisotopic (exact) mass is 226 g/mol. The van der Waals surface area contributed by atoms with E-state index in [-0.39, 0.29) is 0 Å². The zero-order chi connectivity index (χ0) is 11.9. The van der Waals surface area contributed by atoms with E-state index >= 15 is 0 Å². The van der Waals surface area contributed by atoms with Crippen molar-refractivity contribution in [1.82, 2.24) is 0 Å². The lowest BCUT2D eigenvalue weighted by Gasteiger charge is -2.06. The van der Waals surface area contributed by atoms with Crippen LogP contribution < -0.4 is 11.1 Å². The molecular weight excluding hydrogens is 208 g/mol. The Balaban J connectivity index is 1.71. The molecule has 2 heteroatoms. The van der Waals surface area contributed by atoms with Gasteiger partial charge in [-0.05, 0) is 42.7 Å². The first kappa shape index (κ1) is 11.5. The summed E-state index contributed by atoms with van der Waals surface area (Å²) in [5, 5.41) is 3.40. The highest BCUT2D eigenvalue weighted by Crippen LogP contribution is 2.09. The van der Waals surface area contributed by atoms with E-state index in [4.69, 9.17) is 5.73 Å². The second-order valence-electron chi connectivity index (χ2n) is 4.14. The van der Waals surface area contributed by atoms with Crippen molar-refractivity contribution in [2.75, 3.05) is 17.6 Å². The number of benzene rings is 2. The van der Waals surface area contributed by atoms with Crippen molar-refractivity contribution in [3.05, 3.63) is 60.2 Å². The second kappa shape index (κ2) is 5.94. The van der Waals surface area contributed by atoms with E-state index in [0.717, 1.165) is 25.1 Å². The van der Waals surface area contributed by atoms with Gasteiger partial charge in [-0.25, -0.2) is 0 Å². The molecule has 2 nitrogen and oxygen atoms in total. The number of rotatable bonds is 5. The number of nitrogens with two attached hydrogens (primary N) is 1. The lowest BCUT2D eigenvalue weighted by molar-refractivity contribution is 0.863. The van der Waals surface area contributed by atoms with Crippen LogP contribution in [-0.4, -0.2) is 6.54 Å². The molecule has 2 rings (SSSR count). The molecule has 0 heterocycles. The van der Waals surface area contributed by atoms with Crippen molar-refractivity contribution in [2.24, 2.45) is 0 Å². The standard InChI is InChI=1S/C15H18N2/c16-14-10-8-13(9-11-14)5-4-12-17-15-6-2-1-3-7-15/h1-3,6-11,17H,4-5,12,16H2. The molecule has 2 aromatic carbocycles. The van der Waals surface area contributed by atoms with Gasteiger partial charge in [-0.15, -0.1) is 0 Å². The van der Waals surface area contributed by atoms with Gasteiger partial charge in [-0.3, -0.25) is 0 Å². The van der Waals surface area contributed by atoms with Crippen LogP contribution in [0.5, 0.6) is 0 Å². The van der Waals surface area contributed by atoms with Gasteiger partial charge in [0.1, 0.15) is 0 Å². The smallest absolute Gasteiger partial charge is 0.0340 e. The van der Waals surface area contributed by atoms with E-state index in [0.29, 0.717) is 0 Å². The normalized spacial score (nSPS) is 10.1. The molecule has 17 heavy (non-hydrogen) atoms. The average molecular weight is 226 g/mol. The van der Waals surface area contributed by atoms with Gasteiger partial charge in [0.2, 0.25) is 0 Å². The zero-order valence-electron chi connectivity index (χ0n) is 9.89. The number of nitrogens with one attached hydrogen (secondary N) is 1. The third-order valence-electron chi connectivity index (χ3n) is 2.72. The third-order valence-corrected chi connectivity index (χ3v) is 2.72. The molecule has 0 saturated heterocycles. The lowest BCUT2D eigenvalue weighted by Crippen LogP contribution is -2.02. The number of aryl methyl sites for hydroxylation is 1. The van der Waals surface area contributed by atoms with Crippen molar-refractivity contribution < 1.29 is 0 Å². The molecule has 0 atom stereocenters. The molecule has 0 aliphatic heterocycles. The number of anilines is 2. The van der Waals surface area contributed by atoms with E-state index in [2.05, 4.69) is 29.6 Å². The van der Waals surface area contributed by atoms with Crippen LogP contribution in [0.3, 0.4) is 0 Å². The molecule has 0 spiro atoms. The summed E-state index contributed by atoms with van der Waals surface area (Å²) in [6, 6.07) is 18.4. The van der Waals surface area contributed by atoms with E-state index < -0.39 is 0 Å². The molecule has 0 radical (unpaired) electrons. The summed E-state index contributed by atoms with van der Waals surface area (Å²) >= 11 is 0. The molecule has 0 amide bonds. The molecule has 0 aromatic heterocycles. The van der Waals surface area contributed by atoms with Gasteiger partial charge in [-0.2, -0.15) is 0 Å². The van der Waals surface area contributed by atoms with Gasteiger partial charge in [0, 0.05) is 17.9 Å². The largest absolute Gasteiger partial charge is 0.399 e. The van der Waals surface area contributed by atoms with Crippen LogP contribution in [0.1, 0.15) is 12.0 Å². The van der Waals surface area contributed by atoms with Crippen molar-refractivity contribution in [3.63, 3.8) is 0 Å². The Kier molecular flexibility index (Phi) is 4.03. The van der Waals surface area contributed by atoms with Crippen LogP contribution in [0.4, 0.5) is 11.4 Å². The Labute approximate surface area is 102 Å². The molecule has 0 saturated carbocycles. The number of para-hydroxylation sites is 1.